The zero-order chi connectivity index (χ0) is 18.1. The molecule has 27 heavy (non-hydrogen) atoms. The second kappa shape index (κ2) is 6.38. The van der Waals surface area contributed by atoms with E-state index in [1.807, 2.05) is 72.8 Å². The molecular formula is C20H14N6O. The summed E-state index contributed by atoms with van der Waals surface area (Å²) >= 11 is 0. The average molecular weight is 354 g/mol. The van der Waals surface area contributed by atoms with Gasteiger partial charge < -0.3 is 4.42 Å². The molecule has 5 aromatic rings. The maximum Gasteiger partial charge on any atom is 0.192 e. The zero-order valence-electron chi connectivity index (χ0n) is 14.1. The van der Waals surface area contributed by atoms with E-state index in [0.717, 1.165) is 11.1 Å². The fraction of sp³-hybridized carbons (Fsp3) is 0. The van der Waals surface area contributed by atoms with Crippen molar-refractivity contribution in [3.05, 3.63) is 72.8 Å². The number of hydrogen-bond donors (Lipinski definition) is 2. The summed E-state index contributed by atoms with van der Waals surface area (Å²) in [6.45, 7) is 0. The number of aromatic amines is 2. The van der Waals surface area contributed by atoms with Gasteiger partial charge in [-0.2, -0.15) is 10.2 Å². The molecule has 0 aliphatic rings. The maximum absolute atomic E-state index is 5.89. The SMILES string of the molecule is c1ccc(-c2n[nH]c(-c3ccc(-c4nc(-c5ccccc5)n[nH]4)o3)n2)cc1. The predicted molar refractivity (Wildman–Crippen MR) is 100 cm³/mol. The summed E-state index contributed by atoms with van der Waals surface area (Å²) in [4.78, 5) is 9.01. The number of nitrogens with zero attached hydrogens (tertiary/aromatic N) is 4. The first kappa shape index (κ1) is 15.3. The van der Waals surface area contributed by atoms with Crippen LogP contribution in [0, 0.1) is 0 Å². The van der Waals surface area contributed by atoms with Gasteiger partial charge in [0, 0.05) is 11.1 Å². The molecule has 0 aliphatic carbocycles. The van der Waals surface area contributed by atoms with Crippen LogP contribution < -0.4 is 0 Å². The van der Waals surface area contributed by atoms with Gasteiger partial charge in [-0.05, 0) is 12.1 Å². The zero-order valence-corrected chi connectivity index (χ0v) is 14.1. The molecule has 2 aromatic carbocycles. The van der Waals surface area contributed by atoms with Gasteiger partial charge in [-0.3, -0.25) is 10.2 Å². The molecule has 0 spiro atoms. The van der Waals surface area contributed by atoms with E-state index in [2.05, 4.69) is 30.4 Å². The van der Waals surface area contributed by atoms with E-state index in [-0.39, 0.29) is 0 Å². The highest BCUT2D eigenvalue weighted by molar-refractivity contribution is 5.62. The summed E-state index contributed by atoms with van der Waals surface area (Å²) in [5.41, 5.74) is 1.88. The standard InChI is InChI=1S/C20H14N6O/c1-3-7-13(8-4-1)17-21-19(25-23-17)15-11-12-16(27-15)20-22-18(24-26-20)14-9-5-2-6-10-14/h1-12H,(H,21,23,25)(H,22,24,26). The fourth-order valence-electron chi connectivity index (χ4n) is 2.77. The van der Waals surface area contributed by atoms with Crippen LogP contribution in [0.1, 0.15) is 0 Å². The molecule has 0 amide bonds. The Morgan fingerprint density at radius 3 is 1.44 bits per heavy atom. The van der Waals surface area contributed by atoms with Crippen LogP contribution in [0.15, 0.2) is 77.2 Å². The van der Waals surface area contributed by atoms with Crippen LogP contribution in [-0.2, 0) is 0 Å². The second-order valence-corrected chi connectivity index (χ2v) is 5.91. The van der Waals surface area contributed by atoms with Gasteiger partial charge in [0.05, 0.1) is 0 Å². The van der Waals surface area contributed by atoms with E-state index >= 15 is 0 Å². The van der Waals surface area contributed by atoms with Crippen LogP contribution in [0.2, 0.25) is 0 Å². The topological polar surface area (TPSA) is 96.3 Å². The minimum atomic E-state index is 0.558. The molecule has 0 saturated heterocycles. The van der Waals surface area contributed by atoms with Crippen LogP contribution in [0.5, 0.6) is 0 Å². The van der Waals surface area contributed by atoms with Gasteiger partial charge in [0.15, 0.2) is 34.8 Å². The van der Waals surface area contributed by atoms with Crippen molar-refractivity contribution in [3.63, 3.8) is 0 Å². The number of rotatable bonds is 4. The number of furan rings is 1. The number of aromatic nitrogens is 6. The molecular weight excluding hydrogens is 340 g/mol. The first-order valence-corrected chi connectivity index (χ1v) is 8.43. The van der Waals surface area contributed by atoms with Crippen molar-refractivity contribution in [2.24, 2.45) is 0 Å². The van der Waals surface area contributed by atoms with Gasteiger partial charge in [0.25, 0.3) is 0 Å². The summed E-state index contributed by atoms with van der Waals surface area (Å²) in [5.74, 6) is 3.52. The molecule has 7 nitrogen and oxygen atoms in total. The smallest absolute Gasteiger partial charge is 0.192 e. The Balaban J connectivity index is 1.42. The maximum atomic E-state index is 5.89. The fourth-order valence-corrected chi connectivity index (χ4v) is 2.77. The molecule has 5 rings (SSSR count). The number of nitrogens with one attached hydrogen (secondary N) is 2. The Labute approximate surface area is 154 Å². The van der Waals surface area contributed by atoms with Crippen molar-refractivity contribution in [1.29, 1.82) is 0 Å². The Hall–Kier alpha value is -4.00. The third-order valence-electron chi connectivity index (χ3n) is 4.11. The lowest BCUT2D eigenvalue weighted by Gasteiger charge is -1.92. The Morgan fingerprint density at radius 1 is 0.556 bits per heavy atom. The van der Waals surface area contributed by atoms with E-state index in [9.17, 15) is 0 Å². The van der Waals surface area contributed by atoms with Crippen LogP contribution >= 0.6 is 0 Å². The Bertz CT molecular complexity index is 1080. The lowest BCUT2D eigenvalue weighted by molar-refractivity contribution is 0.587. The lowest BCUT2D eigenvalue weighted by atomic mass is 10.2. The normalized spacial score (nSPS) is 11.0. The lowest BCUT2D eigenvalue weighted by Crippen LogP contribution is -1.80. The van der Waals surface area contributed by atoms with Crippen molar-refractivity contribution in [2.75, 3.05) is 0 Å². The number of H-pyrrole nitrogens is 2. The highest BCUT2D eigenvalue weighted by atomic mass is 16.3. The molecule has 0 aliphatic heterocycles. The second-order valence-electron chi connectivity index (χ2n) is 5.91. The van der Waals surface area contributed by atoms with Gasteiger partial charge in [0.2, 0.25) is 0 Å². The molecule has 0 radical (unpaired) electrons. The predicted octanol–water partition coefficient (Wildman–Crippen LogP) is 4.18. The van der Waals surface area contributed by atoms with Crippen molar-refractivity contribution in [2.45, 2.75) is 0 Å². The molecule has 0 saturated carbocycles. The van der Waals surface area contributed by atoms with E-state index in [1.54, 1.807) is 0 Å². The van der Waals surface area contributed by atoms with Crippen molar-refractivity contribution in [3.8, 4) is 45.9 Å². The van der Waals surface area contributed by atoms with Crippen LogP contribution in [0.3, 0.4) is 0 Å². The van der Waals surface area contributed by atoms with Crippen LogP contribution in [0.4, 0.5) is 0 Å². The third kappa shape index (κ3) is 2.91. The summed E-state index contributed by atoms with van der Waals surface area (Å²) in [7, 11) is 0. The Morgan fingerprint density at radius 2 is 1.00 bits per heavy atom. The largest absolute Gasteiger partial charge is 0.449 e. The van der Waals surface area contributed by atoms with Crippen molar-refractivity contribution < 1.29 is 4.42 Å². The van der Waals surface area contributed by atoms with Gasteiger partial charge in [-0.1, -0.05) is 60.7 Å². The number of benzene rings is 2. The van der Waals surface area contributed by atoms with Gasteiger partial charge in [-0.25, -0.2) is 9.97 Å². The van der Waals surface area contributed by atoms with Crippen molar-refractivity contribution >= 4 is 0 Å². The Kier molecular flexibility index (Phi) is 3.61. The monoisotopic (exact) mass is 354 g/mol. The third-order valence-corrected chi connectivity index (χ3v) is 4.11. The average Bonchev–Trinajstić information content (AvgIpc) is 3.49. The highest BCUT2D eigenvalue weighted by Gasteiger charge is 2.15. The molecule has 0 fully saturated rings. The molecule has 3 heterocycles. The van der Waals surface area contributed by atoms with E-state index < -0.39 is 0 Å². The molecule has 3 aromatic heterocycles. The van der Waals surface area contributed by atoms with Gasteiger partial charge in [-0.15, -0.1) is 0 Å². The molecule has 7 heteroatoms. The first-order valence-electron chi connectivity index (χ1n) is 8.43. The van der Waals surface area contributed by atoms with Crippen LogP contribution in [0.25, 0.3) is 45.9 Å². The highest BCUT2D eigenvalue weighted by Crippen LogP contribution is 2.27. The first-order chi connectivity index (χ1) is 13.4. The van der Waals surface area contributed by atoms with Crippen molar-refractivity contribution in [1.82, 2.24) is 30.4 Å². The molecule has 130 valence electrons. The summed E-state index contributed by atoms with van der Waals surface area (Å²) in [6.07, 6.45) is 0. The molecule has 2 N–H and O–H groups in total. The molecule has 0 unspecified atom stereocenters. The minimum absolute atomic E-state index is 0.558. The summed E-state index contributed by atoms with van der Waals surface area (Å²) in [6, 6.07) is 23.2. The van der Waals surface area contributed by atoms with E-state index in [4.69, 9.17) is 4.42 Å². The van der Waals surface area contributed by atoms with E-state index in [1.165, 1.54) is 0 Å². The number of hydrogen-bond acceptors (Lipinski definition) is 5. The quantitative estimate of drug-likeness (QED) is 0.504. The minimum Gasteiger partial charge on any atom is -0.449 e. The summed E-state index contributed by atoms with van der Waals surface area (Å²) < 4.78 is 5.89. The van der Waals surface area contributed by atoms with Gasteiger partial charge in [0.1, 0.15) is 0 Å². The van der Waals surface area contributed by atoms with Gasteiger partial charge >= 0.3 is 0 Å². The summed E-state index contributed by atoms with van der Waals surface area (Å²) in [5, 5.41) is 14.3. The van der Waals surface area contributed by atoms with Crippen LogP contribution in [-0.4, -0.2) is 30.4 Å². The van der Waals surface area contributed by atoms with E-state index in [0.29, 0.717) is 34.8 Å². The molecule has 0 bridgehead atoms. The molecule has 0 atom stereocenters.